The lowest BCUT2D eigenvalue weighted by atomic mass is 10.1. The van der Waals surface area contributed by atoms with Crippen LogP contribution in [0, 0.1) is 11.7 Å². The maximum Gasteiger partial charge on any atom is 0.262 e. The van der Waals surface area contributed by atoms with Gasteiger partial charge in [-0.05, 0) is 56.0 Å². The molecule has 0 spiro atoms. The zero-order valence-corrected chi connectivity index (χ0v) is 18.7. The quantitative estimate of drug-likeness (QED) is 0.548. The number of amides is 2. The molecule has 1 saturated carbocycles. The molecule has 0 saturated heterocycles. The summed E-state index contributed by atoms with van der Waals surface area (Å²) in [4.78, 5) is 24.4. The van der Waals surface area contributed by atoms with Gasteiger partial charge in [0, 0.05) is 36.2 Å². The molecule has 2 amide bonds. The Kier molecular flexibility index (Phi) is 6.24. The zero-order chi connectivity index (χ0) is 23.5. The molecular weight excluding hydrogens is 437 g/mol. The normalized spacial score (nSPS) is 15.2. The minimum Gasteiger partial charge on any atom is -0.484 e. The van der Waals surface area contributed by atoms with E-state index in [0.29, 0.717) is 22.8 Å². The lowest BCUT2D eigenvalue weighted by Crippen LogP contribution is -2.21. The second-order valence-corrected chi connectivity index (χ2v) is 8.72. The summed E-state index contributed by atoms with van der Waals surface area (Å²) < 4.78 is 22.1. The summed E-state index contributed by atoms with van der Waals surface area (Å²) in [5.74, 6) is 1.09. The molecule has 2 heterocycles. The second-order valence-electron chi connectivity index (χ2n) is 8.72. The molecule has 8 nitrogen and oxygen atoms in total. The number of hydrogen-bond donors (Lipinski definition) is 2. The van der Waals surface area contributed by atoms with E-state index in [-0.39, 0.29) is 24.1 Å². The van der Waals surface area contributed by atoms with Crippen LogP contribution in [-0.4, -0.2) is 33.2 Å². The standard InChI is InChI=1S/C25H26FN5O3/c26-20-11-10-17(24-30-29-22-7-2-1-3-12-31(22)24)13-21(20)28-23(32)15-34-19-6-4-5-18(14-19)27-25(33)16-8-9-16/h4-6,10-11,13-14,16H,1-3,7-9,12,15H2,(H,27,33)(H,28,32). The molecule has 5 rings (SSSR count). The van der Waals surface area contributed by atoms with Gasteiger partial charge in [-0.2, -0.15) is 0 Å². The smallest absolute Gasteiger partial charge is 0.262 e. The minimum atomic E-state index is -0.544. The van der Waals surface area contributed by atoms with Crippen LogP contribution in [0.4, 0.5) is 15.8 Å². The van der Waals surface area contributed by atoms with Crippen molar-refractivity contribution >= 4 is 23.2 Å². The van der Waals surface area contributed by atoms with Crippen LogP contribution in [0.5, 0.6) is 5.75 Å². The Balaban J connectivity index is 1.23. The van der Waals surface area contributed by atoms with E-state index < -0.39 is 11.7 Å². The van der Waals surface area contributed by atoms with Crippen molar-refractivity contribution in [2.24, 2.45) is 5.92 Å². The van der Waals surface area contributed by atoms with Crippen LogP contribution in [0.2, 0.25) is 0 Å². The fourth-order valence-corrected chi connectivity index (χ4v) is 4.05. The summed E-state index contributed by atoms with van der Waals surface area (Å²) in [6.45, 7) is 0.523. The molecule has 1 fully saturated rings. The number of aromatic nitrogens is 3. The molecule has 0 atom stereocenters. The number of hydrogen-bond acceptors (Lipinski definition) is 5. The van der Waals surface area contributed by atoms with Gasteiger partial charge in [0.1, 0.15) is 17.4 Å². The van der Waals surface area contributed by atoms with Gasteiger partial charge in [0.05, 0.1) is 5.69 Å². The van der Waals surface area contributed by atoms with E-state index in [9.17, 15) is 14.0 Å². The first-order valence-electron chi connectivity index (χ1n) is 11.6. The summed E-state index contributed by atoms with van der Waals surface area (Å²) in [6, 6.07) is 11.4. The molecule has 9 heteroatoms. The topological polar surface area (TPSA) is 98.1 Å². The Bertz CT molecular complexity index is 1220. The lowest BCUT2D eigenvalue weighted by Gasteiger charge is -2.12. The van der Waals surface area contributed by atoms with Gasteiger partial charge < -0.3 is 19.9 Å². The summed E-state index contributed by atoms with van der Waals surface area (Å²) in [7, 11) is 0. The molecule has 176 valence electrons. The maximum atomic E-state index is 14.4. The molecule has 0 unspecified atom stereocenters. The van der Waals surface area contributed by atoms with Gasteiger partial charge in [0.15, 0.2) is 12.4 Å². The van der Waals surface area contributed by atoms with Crippen LogP contribution < -0.4 is 15.4 Å². The minimum absolute atomic E-state index is 0.00480. The Morgan fingerprint density at radius 3 is 2.79 bits per heavy atom. The van der Waals surface area contributed by atoms with E-state index in [4.69, 9.17) is 4.74 Å². The summed E-state index contributed by atoms with van der Waals surface area (Å²) >= 11 is 0. The van der Waals surface area contributed by atoms with Crippen molar-refractivity contribution in [1.82, 2.24) is 14.8 Å². The molecule has 0 bridgehead atoms. The van der Waals surface area contributed by atoms with Gasteiger partial charge in [-0.15, -0.1) is 10.2 Å². The van der Waals surface area contributed by atoms with Crippen molar-refractivity contribution in [2.75, 3.05) is 17.2 Å². The van der Waals surface area contributed by atoms with Gasteiger partial charge in [-0.1, -0.05) is 12.5 Å². The van der Waals surface area contributed by atoms with Crippen LogP contribution in [-0.2, 0) is 22.6 Å². The fourth-order valence-electron chi connectivity index (χ4n) is 4.05. The third-order valence-corrected chi connectivity index (χ3v) is 6.03. The van der Waals surface area contributed by atoms with E-state index in [2.05, 4.69) is 25.4 Å². The predicted molar refractivity (Wildman–Crippen MR) is 125 cm³/mol. The number of anilines is 2. The number of rotatable bonds is 7. The first kappa shape index (κ1) is 22.1. The van der Waals surface area contributed by atoms with Crippen molar-refractivity contribution in [3.8, 4) is 17.1 Å². The molecule has 34 heavy (non-hydrogen) atoms. The molecule has 2 aromatic carbocycles. The summed E-state index contributed by atoms with van der Waals surface area (Å²) in [6.07, 6.45) is 5.98. The highest BCUT2D eigenvalue weighted by Crippen LogP contribution is 2.31. The van der Waals surface area contributed by atoms with Gasteiger partial charge in [-0.3, -0.25) is 9.59 Å². The van der Waals surface area contributed by atoms with E-state index in [1.807, 2.05) is 0 Å². The average Bonchev–Trinajstić information content (AvgIpc) is 3.65. The van der Waals surface area contributed by atoms with Crippen LogP contribution in [0.1, 0.15) is 37.9 Å². The SMILES string of the molecule is O=C(COc1cccc(NC(=O)C2CC2)c1)Nc1cc(-c2nnc3n2CCCCC3)ccc1F. The molecule has 3 aromatic rings. The van der Waals surface area contributed by atoms with Crippen LogP contribution in [0.15, 0.2) is 42.5 Å². The predicted octanol–water partition coefficient (Wildman–Crippen LogP) is 4.18. The summed E-state index contributed by atoms with van der Waals surface area (Å²) in [5.41, 5.74) is 1.36. The van der Waals surface area contributed by atoms with Crippen molar-refractivity contribution < 1.29 is 18.7 Å². The highest BCUT2D eigenvalue weighted by atomic mass is 19.1. The number of aryl methyl sites for hydroxylation is 1. The molecule has 0 radical (unpaired) electrons. The van der Waals surface area contributed by atoms with E-state index >= 15 is 0 Å². The van der Waals surface area contributed by atoms with Crippen molar-refractivity contribution in [3.63, 3.8) is 0 Å². The number of carbonyl (C=O) groups is 2. The Morgan fingerprint density at radius 2 is 1.94 bits per heavy atom. The third kappa shape index (κ3) is 5.08. The molecule has 1 aliphatic carbocycles. The van der Waals surface area contributed by atoms with Crippen LogP contribution >= 0.6 is 0 Å². The summed E-state index contributed by atoms with van der Waals surface area (Å²) in [5, 5.41) is 14.0. The van der Waals surface area contributed by atoms with Crippen LogP contribution in [0.25, 0.3) is 11.4 Å². The van der Waals surface area contributed by atoms with Crippen molar-refractivity contribution in [3.05, 3.63) is 54.1 Å². The van der Waals surface area contributed by atoms with Crippen molar-refractivity contribution in [1.29, 1.82) is 0 Å². The monoisotopic (exact) mass is 463 g/mol. The number of nitrogens with zero attached hydrogens (tertiary/aromatic N) is 3. The van der Waals surface area contributed by atoms with E-state index in [1.165, 1.54) is 6.07 Å². The number of halogens is 1. The second kappa shape index (κ2) is 9.62. The third-order valence-electron chi connectivity index (χ3n) is 6.03. The highest BCUT2D eigenvalue weighted by molar-refractivity contribution is 5.94. The van der Waals surface area contributed by atoms with E-state index in [1.54, 1.807) is 36.4 Å². The molecule has 2 aliphatic rings. The molecule has 2 N–H and O–H groups in total. The first-order valence-corrected chi connectivity index (χ1v) is 11.6. The number of fused-ring (bicyclic) bond motifs is 1. The Hall–Kier alpha value is -3.75. The molecule has 1 aromatic heterocycles. The first-order chi connectivity index (χ1) is 16.6. The number of benzene rings is 2. The van der Waals surface area contributed by atoms with Crippen molar-refractivity contribution in [2.45, 2.75) is 45.1 Å². The number of nitrogens with one attached hydrogen (secondary N) is 2. The maximum absolute atomic E-state index is 14.4. The largest absolute Gasteiger partial charge is 0.484 e. The number of carbonyl (C=O) groups excluding carboxylic acids is 2. The van der Waals surface area contributed by atoms with Crippen LogP contribution in [0.3, 0.4) is 0 Å². The van der Waals surface area contributed by atoms with Gasteiger partial charge in [0.25, 0.3) is 5.91 Å². The average molecular weight is 464 g/mol. The molecular formula is C25H26FN5O3. The van der Waals surface area contributed by atoms with E-state index in [0.717, 1.165) is 50.9 Å². The fraction of sp³-hybridized carbons (Fsp3) is 0.360. The van der Waals surface area contributed by atoms with Gasteiger partial charge in [-0.25, -0.2) is 4.39 Å². The zero-order valence-electron chi connectivity index (χ0n) is 18.7. The lowest BCUT2D eigenvalue weighted by molar-refractivity contribution is -0.118. The van der Waals surface area contributed by atoms with Gasteiger partial charge in [0.2, 0.25) is 5.91 Å². The highest BCUT2D eigenvalue weighted by Gasteiger charge is 2.29. The Labute approximate surface area is 196 Å². The Morgan fingerprint density at radius 1 is 1.06 bits per heavy atom. The molecule has 1 aliphatic heterocycles. The number of ether oxygens (including phenoxy) is 1. The van der Waals surface area contributed by atoms with Gasteiger partial charge >= 0.3 is 0 Å².